The molecule has 4 rings (SSSR count). The van der Waals surface area contributed by atoms with Crippen LogP contribution in [0.4, 0.5) is 5.82 Å². The number of piperazine rings is 1. The van der Waals surface area contributed by atoms with E-state index in [0.717, 1.165) is 48.5 Å². The van der Waals surface area contributed by atoms with Crippen molar-refractivity contribution in [2.45, 2.75) is 13.5 Å². The lowest BCUT2D eigenvalue weighted by Crippen LogP contribution is -2.44. The zero-order valence-electron chi connectivity index (χ0n) is 16.0. The second kappa shape index (κ2) is 7.81. The first-order valence-corrected chi connectivity index (χ1v) is 9.74. The Bertz CT molecular complexity index is 1010. The summed E-state index contributed by atoms with van der Waals surface area (Å²) in [5, 5.41) is 4.43. The van der Waals surface area contributed by atoms with Gasteiger partial charge in [-0.15, -0.1) is 0 Å². The highest BCUT2D eigenvalue weighted by Gasteiger charge is 2.18. The number of aryl methyl sites for hydroxylation is 1. The molecule has 2 aromatic heterocycles. The number of halogens is 1. The number of nitrogens with one attached hydrogen (secondary N) is 1. The van der Waals surface area contributed by atoms with Crippen molar-refractivity contribution in [1.82, 2.24) is 15.2 Å². The van der Waals surface area contributed by atoms with Gasteiger partial charge in [-0.1, -0.05) is 11.6 Å². The van der Waals surface area contributed by atoms with E-state index in [4.69, 9.17) is 16.0 Å². The van der Waals surface area contributed by atoms with E-state index in [0.29, 0.717) is 22.9 Å². The summed E-state index contributed by atoms with van der Waals surface area (Å²) in [7, 11) is 2.13. The largest absolute Gasteiger partial charge is 0.451 e. The molecule has 1 aromatic carbocycles. The fourth-order valence-electron chi connectivity index (χ4n) is 3.45. The number of aromatic nitrogens is 1. The SMILES string of the molecule is Cc1c(C(=O)NCc2ccnc(N3CCN(C)CC3)c2)oc2ccc(Cl)cc12. The maximum absolute atomic E-state index is 12.6. The molecule has 1 fully saturated rings. The van der Waals surface area contributed by atoms with Gasteiger partial charge in [-0.3, -0.25) is 4.79 Å². The Hall–Kier alpha value is -2.57. The number of furan rings is 1. The quantitative estimate of drug-likeness (QED) is 0.729. The minimum absolute atomic E-state index is 0.234. The van der Waals surface area contributed by atoms with Crippen molar-refractivity contribution in [1.29, 1.82) is 0 Å². The van der Waals surface area contributed by atoms with Gasteiger partial charge in [0.2, 0.25) is 0 Å². The van der Waals surface area contributed by atoms with Crippen molar-refractivity contribution < 1.29 is 9.21 Å². The third kappa shape index (κ3) is 3.84. The lowest BCUT2D eigenvalue weighted by molar-refractivity contribution is 0.0924. The Morgan fingerprint density at radius 2 is 2.00 bits per heavy atom. The van der Waals surface area contributed by atoms with Crippen molar-refractivity contribution in [3.63, 3.8) is 0 Å². The van der Waals surface area contributed by atoms with E-state index in [1.54, 1.807) is 18.3 Å². The second-order valence-electron chi connectivity index (χ2n) is 7.19. The number of fused-ring (bicyclic) bond motifs is 1. The summed E-state index contributed by atoms with van der Waals surface area (Å²) in [6.07, 6.45) is 1.80. The number of nitrogens with zero attached hydrogens (tertiary/aromatic N) is 3. The number of rotatable bonds is 4. The summed E-state index contributed by atoms with van der Waals surface area (Å²) in [6, 6.07) is 9.32. The average molecular weight is 399 g/mol. The summed E-state index contributed by atoms with van der Waals surface area (Å²) in [4.78, 5) is 21.7. The lowest BCUT2D eigenvalue weighted by atomic mass is 10.1. The van der Waals surface area contributed by atoms with Crippen LogP contribution in [0.3, 0.4) is 0 Å². The highest BCUT2D eigenvalue weighted by Crippen LogP contribution is 2.28. The number of benzene rings is 1. The van der Waals surface area contributed by atoms with Crippen LogP contribution >= 0.6 is 11.6 Å². The van der Waals surface area contributed by atoms with Crippen LogP contribution < -0.4 is 10.2 Å². The summed E-state index contributed by atoms with van der Waals surface area (Å²) < 4.78 is 5.74. The van der Waals surface area contributed by atoms with Gasteiger partial charge in [0.15, 0.2) is 5.76 Å². The molecule has 1 aliphatic heterocycles. The predicted molar refractivity (Wildman–Crippen MR) is 111 cm³/mol. The summed E-state index contributed by atoms with van der Waals surface area (Å²) in [6.45, 7) is 6.25. The molecule has 0 unspecified atom stereocenters. The zero-order chi connectivity index (χ0) is 19.7. The van der Waals surface area contributed by atoms with Crippen molar-refractivity contribution in [2.24, 2.45) is 0 Å². The van der Waals surface area contributed by atoms with Gasteiger partial charge in [-0.05, 0) is 49.9 Å². The third-order valence-electron chi connectivity index (χ3n) is 5.19. The van der Waals surface area contributed by atoms with E-state index in [2.05, 4.69) is 27.1 Å². The van der Waals surface area contributed by atoms with Gasteiger partial charge in [0.05, 0.1) is 0 Å². The molecule has 3 heterocycles. The monoisotopic (exact) mass is 398 g/mol. The normalized spacial score (nSPS) is 15.2. The molecule has 0 atom stereocenters. The molecule has 0 aliphatic carbocycles. The van der Waals surface area contributed by atoms with Crippen LogP contribution in [0, 0.1) is 6.92 Å². The smallest absolute Gasteiger partial charge is 0.287 e. The predicted octanol–water partition coefficient (Wildman–Crippen LogP) is 3.47. The Labute approximate surface area is 169 Å². The van der Waals surface area contributed by atoms with Crippen LogP contribution in [0.2, 0.25) is 5.02 Å². The molecule has 28 heavy (non-hydrogen) atoms. The average Bonchev–Trinajstić information content (AvgIpc) is 3.03. The number of amides is 1. The molecule has 146 valence electrons. The van der Waals surface area contributed by atoms with E-state index in [1.165, 1.54) is 0 Å². The summed E-state index contributed by atoms with van der Waals surface area (Å²) in [5.74, 6) is 1.04. The van der Waals surface area contributed by atoms with Gasteiger partial charge in [-0.25, -0.2) is 4.98 Å². The molecule has 7 heteroatoms. The molecule has 6 nitrogen and oxygen atoms in total. The molecule has 0 saturated carbocycles. The Kier molecular flexibility index (Phi) is 5.24. The molecule has 1 N–H and O–H groups in total. The van der Waals surface area contributed by atoms with Crippen molar-refractivity contribution >= 4 is 34.3 Å². The third-order valence-corrected chi connectivity index (χ3v) is 5.43. The Balaban J connectivity index is 1.45. The fourth-order valence-corrected chi connectivity index (χ4v) is 3.62. The van der Waals surface area contributed by atoms with Crippen molar-refractivity contribution in [3.8, 4) is 0 Å². The van der Waals surface area contributed by atoms with Gasteiger partial charge < -0.3 is 19.5 Å². The van der Waals surface area contributed by atoms with E-state index in [-0.39, 0.29) is 5.91 Å². The number of likely N-dealkylation sites (N-methyl/N-ethyl adjacent to an activating group) is 1. The Morgan fingerprint density at radius 3 is 2.79 bits per heavy atom. The van der Waals surface area contributed by atoms with E-state index >= 15 is 0 Å². The number of carbonyl (C=O) groups excluding carboxylic acids is 1. The molecule has 0 spiro atoms. The van der Waals surface area contributed by atoms with Crippen LogP contribution in [0.25, 0.3) is 11.0 Å². The maximum atomic E-state index is 12.6. The molecule has 1 amide bonds. The summed E-state index contributed by atoms with van der Waals surface area (Å²) in [5.41, 5.74) is 2.46. The standard InChI is InChI=1S/C21H23ClN4O2/c1-14-17-12-16(22)3-4-18(17)28-20(14)21(27)24-13-15-5-6-23-19(11-15)26-9-7-25(2)8-10-26/h3-6,11-12H,7-10,13H2,1-2H3,(H,24,27). The first-order valence-electron chi connectivity index (χ1n) is 9.36. The van der Waals surface area contributed by atoms with Gasteiger partial charge in [0.1, 0.15) is 11.4 Å². The van der Waals surface area contributed by atoms with Gasteiger partial charge in [0.25, 0.3) is 5.91 Å². The number of pyridine rings is 1. The van der Waals surface area contributed by atoms with Crippen LogP contribution in [0.1, 0.15) is 21.7 Å². The van der Waals surface area contributed by atoms with Crippen molar-refractivity contribution in [2.75, 3.05) is 38.1 Å². The topological polar surface area (TPSA) is 61.6 Å². The van der Waals surface area contributed by atoms with Crippen molar-refractivity contribution in [3.05, 3.63) is 58.4 Å². The highest BCUT2D eigenvalue weighted by molar-refractivity contribution is 6.31. The van der Waals surface area contributed by atoms with Gasteiger partial charge in [0, 0.05) is 54.9 Å². The molecular weight excluding hydrogens is 376 g/mol. The molecule has 3 aromatic rings. The number of hydrogen-bond acceptors (Lipinski definition) is 5. The van der Waals surface area contributed by atoms with E-state index in [9.17, 15) is 4.79 Å². The van der Waals surface area contributed by atoms with Gasteiger partial charge in [-0.2, -0.15) is 0 Å². The van der Waals surface area contributed by atoms with Crippen LogP contribution in [0.15, 0.2) is 40.9 Å². The minimum Gasteiger partial charge on any atom is -0.451 e. The fraction of sp³-hybridized carbons (Fsp3) is 0.333. The summed E-state index contributed by atoms with van der Waals surface area (Å²) >= 11 is 6.05. The molecule has 1 saturated heterocycles. The van der Waals surface area contributed by atoms with E-state index in [1.807, 2.05) is 25.1 Å². The molecule has 0 radical (unpaired) electrons. The minimum atomic E-state index is -0.234. The van der Waals surface area contributed by atoms with E-state index < -0.39 is 0 Å². The van der Waals surface area contributed by atoms with Crippen LogP contribution in [-0.2, 0) is 6.54 Å². The molecule has 1 aliphatic rings. The Morgan fingerprint density at radius 1 is 1.21 bits per heavy atom. The van der Waals surface area contributed by atoms with Crippen LogP contribution in [0.5, 0.6) is 0 Å². The highest BCUT2D eigenvalue weighted by atomic mass is 35.5. The molecular formula is C21H23ClN4O2. The number of hydrogen-bond donors (Lipinski definition) is 1. The first kappa shape index (κ1) is 18.8. The molecule has 0 bridgehead atoms. The lowest BCUT2D eigenvalue weighted by Gasteiger charge is -2.33. The number of anilines is 1. The van der Waals surface area contributed by atoms with Gasteiger partial charge >= 0.3 is 0 Å². The number of carbonyl (C=O) groups is 1. The first-order chi connectivity index (χ1) is 13.5. The van der Waals surface area contributed by atoms with Crippen LogP contribution in [-0.4, -0.2) is 49.0 Å². The zero-order valence-corrected chi connectivity index (χ0v) is 16.8. The second-order valence-corrected chi connectivity index (χ2v) is 7.63. The maximum Gasteiger partial charge on any atom is 0.287 e.